The van der Waals surface area contributed by atoms with E-state index in [2.05, 4.69) is 13.8 Å². The molecule has 5 nitrogen and oxygen atoms in total. The first kappa shape index (κ1) is 15.3. The second-order valence-electron chi connectivity index (χ2n) is 7.48. The van der Waals surface area contributed by atoms with Gasteiger partial charge in [0.25, 0.3) is 0 Å². The fraction of sp³-hybridized carbons (Fsp3) is 1.00. The van der Waals surface area contributed by atoms with Gasteiger partial charge in [-0.25, -0.2) is 0 Å². The maximum Gasteiger partial charge on any atom is 0.412 e. The number of rotatable bonds is 4. The molecule has 1 saturated carbocycles. The summed E-state index contributed by atoms with van der Waals surface area (Å²) < 4.78 is 29.1. The van der Waals surface area contributed by atoms with E-state index in [1.807, 2.05) is 0 Å². The Kier molecular flexibility index (Phi) is 3.98. The molecule has 22 heavy (non-hydrogen) atoms. The van der Waals surface area contributed by atoms with E-state index in [4.69, 9.17) is 23.7 Å². The summed E-state index contributed by atoms with van der Waals surface area (Å²) in [6.45, 7) is 6.96. The van der Waals surface area contributed by atoms with E-state index < -0.39 is 6.16 Å². The summed E-state index contributed by atoms with van der Waals surface area (Å²) in [6, 6.07) is 0. The first-order chi connectivity index (χ1) is 10.7. The van der Waals surface area contributed by atoms with Gasteiger partial charge >= 0.3 is 6.16 Å². The van der Waals surface area contributed by atoms with Gasteiger partial charge in [0.2, 0.25) is 0 Å². The van der Waals surface area contributed by atoms with Crippen LogP contribution in [0.15, 0.2) is 0 Å². The molecule has 4 rings (SSSR count). The van der Waals surface area contributed by atoms with Gasteiger partial charge in [0.1, 0.15) is 0 Å². The molecule has 4 aliphatic rings. The minimum Gasteiger partial charge on any atom is -0.369 e. The zero-order valence-electron chi connectivity index (χ0n) is 13.7. The molecule has 3 atom stereocenters. The monoisotopic (exact) mass is 312 g/mol. The Bertz CT molecular complexity index is 388. The molecule has 0 bridgehead atoms. The number of ether oxygens (including phenoxy) is 5. The highest BCUT2D eigenvalue weighted by Gasteiger charge is 2.52. The van der Waals surface area contributed by atoms with E-state index in [0.29, 0.717) is 50.5 Å². The maximum atomic E-state index is 5.86. The van der Waals surface area contributed by atoms with Crippen molar-refractivity contribution in [1.82, 2.24) is 0 Å². The fourth-order valence-electron chi connectivity index (χ4n) is 4.08. The van der Waals surface area contributed by atoms with Crippen LogP contribution in [-0.4, -0.2) is 44.8 Å². The van der Waals surface area contributed by atoms with Crippen molar-refractivity contribution >= 4 is 0 Å². The van der Waals surface area contributed by atoms with E-state index in [9.17, 15) is 0 Å². The molecule has 4 fully saturated rings. The van der Waals surface area contributed by atoms with Gasteiger partial charge in [-0.2, -0.15) is 0 Å². The molecule has 0 amide bonds. The third kappa shape index (κ3) is 2.71. The Hall–Kier alpha value is -0.200. The van der Waals surface area contributed by atoms with Gasteiger partial charge in [-0.15, -0.1) is 0 Å². The van der Waals surface area contributed by atoms with Crippen LogP contribution in [0.1, 0.15) is 46.0 Å². The van der Waals surface area contributed by atoms with Gasteiger partial charge in [0, 0.05) is 11.3 Å². The summed E-state index contributed by atoms with van der Waals surface area (Å²) in [5, 5.41) is 0. The number of fused-ring (bicyclic) bond motifs is 1. The molecule has 1 spiro atoms. The van der Waals surface area contributed by atoms with E-state index in [1.54, 1.807) is 0 Å². The summed E-state index contributed by atoms with van der Waals surface area (Å²) in [5.41, 5.74) is 0.108. The predicted octanol–water partition coefficient (Wildman–Crippen LogP) is 2.68. The molecule has 3 heterocycles. The van der Waals surface area contributed by atoms with Crippen LogP contribution in [0.4, 0.5) is 0 Å². The minimum atomic E-state index is -1.24. The van der Waals surface area contributed by atoms with Crippen LogP contribution >= 0.6 is 0 Å². The Balaban J connectivity index is 1.27. The Morgan fingerprint density at radius 3 is 2.09 bits per heavy atom. The minimum absolute atomic E-state index is 0.108. The van der Waals surface area contributed by atoms with Crippen LogP contribution in [0.3, 0.4) is 0 Å². The molecular formula is C17H28O5. The third-order valence-corrected chi connectivity index (χ3v) is 6.15. The Morgan fingerprint density at radius 2 is 1.59 bits per heavy atom. The quantitative estimate of drug-likeness (QED) is 0.747. The highest BCUT2D eigenvalue weighted by molar-refractivity contribution is 4.98. The lowest BCUT2D eigenvalue weighted by atomic mass is 9.84. The highest BCUT2D eigenvalue weighted by Crippen LogP contribution is 2.46. The van der Waals surface area contributed by atoms with E-state index in [-0.39, 0.29) is 5.41 Å². The van der Waals surface area contributed by atoms with Crippen LogP contribution in [0, 0.1) is 17.3 Å². The van der Waals surface area contributed by atoms with Crippen molar-refractivity contribution < 1.29 is 23.7 Å². The van der Waals surface area contributed by atoms with Crippen molar-refractivity contribution in [3.05, 3.63) is 0 Å². The van der Waals surface area contributed by atoms with Crippen molar-refractivity contribution in [2.75, 3.05) is 26.4 Å². The molecule has 0 radical (unpaired) electrons. The lowest BCUT2D eigenvalue weighted by molar-refractivity contribution is -0.541. The summed E-state index contributed by atoms with van der Waals surface area (Å²) >= 11 is 0. The lowest BCUT2D eigenvalue weighted by Gasteiger charge is -2.46. The van der Waals surface area contributed by atoms with Crippen LogP contribution in [-0.2, 0) is 23.7 Å². The average Bonchev–Trinajstić information content (AvgIpc) is 3.26. The summed E-state index contributed by atoms with van der Waals surface area (Å²) in [6.07, 6.45) is 5.59. The number of epoxide rings is 1. The smallest absolute Gasteiger partial charge is 0.369 e. The molecule has 0 aromatic rings. The van der Waals surface area contributed by atoms with E-state index in [1.165, 1.54) is 12.8 Å². The Labute approximate surface area is 132 Å². The molecule has 3 unspecified atom stereocenters. The fourth-order valence-corrected chi connectivity index (χ4v) is 4.08. The van der Waals surface area contributed by atoms with Gasteiger partial charge < -0.3 is 23.7 Å². The largest absolute Gasteiger partial charge is 0.412 e. The van der Waals surface area contributed by atoms with E-state index in [0.717, 1.165) is 19.3 Å². The van der Waals surface area contributed by atoms with Crippen LogP contribution in [0.5, 0.6) is 0 Å². The number of hydrogen-bond donors (Lipinski definition) is 0. The zero-order valence-corrected chi connectivity index (χ0v) is 13.7. The molecule has 3 saturated heterocycles. The Morgan fingerprint density at radius 1 is 0.909 bits per heavy atom. The second-order valence-corrected chi connectivity index (χ2v) is 7.48. The SMILES string of the molecule is CCC1(CC)COC2(OCC(CC3CCC4OC34)CO2)OC1. The van der Waals surface area contributed by atoms with Crippen LogP contribution in [0.2, 0.25) is 0 Å². The summed E-state index contributed by atoms with van der Waals surface area (Å²) in [7, 11) is 0. The van der Waals surface area contributed by atoms with Crippen molar-refractivity contribution in [2.45, 2.75) is 64.3 Å². The topological polar surface area (TPSA) is 49.5 Å². The highest BCUT2D eigenvalue weighted by atomic mass is 17.0. The van der Waals surface area contributed by atoms with Gasteiger partial charge in [0.05, 0.1) is 38.6 Å². The molecule has 126 valence electrons. The van der Waals surface area contributed by atoms with E-state index >= 15 is 0 Å². The lowest BCUT2D eigenvalue weighted by Crippen LogP contribution is -2.56. The molecule has 0 aromatic carbocycles. The number of hydrogen-bond acceptors (Lipinski definition) is 5. The first-order valence-corrected chi connectivity index (χ1v) is 8.89. The molecule has 5 heteroatoms. The zero-order chi connectivity index (χ0) is 15.2. The average molecular weight is 312 g/mol. The first-order valence-electron chi connectivity index (χ1n) is 8.89. The van der Waals surface area contributed by atoms with Crippen LogP contribution < -0.4 is 0 Å². The molecule has 3 aliphatic heterocycles. The molecule has 0 aromatic heterocycles. The van der Waals surface area contributed by atoms with Gasteiger partial charge in [-0.1, -0.05) is 13.8 Å². The third-order valence-electron chi connectivity index (χ3n) is 6.15. The van der Waals surface area contributed by atoms with Crippen LogP contribution in [0.25, 0.3) is 0 Å². The maximum absolute atomic E-state index is 5.86. The normalized spacial score (nSPS) is 39.8. The van der Waals surface area contributed by atoms with Gasteiger partial charge in [-0.3, -0.25) is 0 Å². The summed E-state index contributed by atoms with van der Waals surface area (Å²) in [5.74, 6) is 1.12. The van der Waals surface area contributed by atoms with Gasteiger partial charge in [-0.05, 0) is 38.0 Å². The standard InChI is InChI=1S/C17H28O5/c1-3-16(4-2)10-20-17(21-11-16)18-8-12(9-19-17)7-13-5-6-14-15(13)22-14/h12-15H,3-11H2,1-2H3. The van der Waals surface area contributed by atoms with Crippen molar-refractivity contribution in [3.8, 4) is 0 Å². The van der Waals surface area contributed by atoms with Crippen molar-refractivity contribution in [2.24, 2.45) is 17.3 Å². The molecular weight excluding hydrogens is 284 g/mol. The van der Waals surface area contributed by atoms with Crippen molar-refractivity contribution in [1.29, 1.82) is 0 Å². The van der Waals surface area contributed by atoms with Crippen molar-refractivity contribution in [3.63, 3.8) is 0 Å². The summed E-state index contributed by atoms with van der Waals surface area (Å²) in [4.78, 5) is 0. The van der Waals surface area contributed by atoms with Gasteiger partial charge in [0.15, 0.2) is 0 Å². The predicted molar refractivity (Wildman–Crippen MR) is 79.0 cm³/mol. The molecule has 1 aliphatic carbocycles. The second kappa shape index (κ2) is 5.71. The molecule has 0 N–H and O–H groups in total.